The van der Waals surface area contributed by atoms with Crippen LogP contribution in [0, 0.1) is 11.8 Å². The van der Waals surface area contributed by atoms with Crippen LogP contribution in [-0.4, -0.2) is 43.9 Å². The van der Waals surface area contributed by atoms with E-state index in [-0.39, 0.29) is 17.4 Å². The minimum atomic E-state index is -3.92. The van der Waals surface area contributed by atoms with Crippen molar-refractivity contribution in [3.05, 3.63) is 83.4 Å². The summed E-state index contributed by atoms with van der Waals surface area (Å²) in [6.07, 6.45) is 8.24. The van der Waals surface area contributed by atoms with Crippen LogP contribution in [-0.2, 0) is 23.1 Å². The van der Waals surface area contributed by atoms with Crippen molar-refractivity contribution in [2.24, 2.45) is 11.8 Å². The zero-order valence-electron chi connectivity index (χ0n) is 23.7. The minimum absolute atomic E-state index is 0.184. The Morgan fingerprint density at radius 2 is 2.00 bits per heavy atom. The van der Waals surface area contributed by atoms with Gasteiger partial charge in [-0.05, 0) is 98.2 Å². The topological polar surface area (TPSA) is 95.9 Å². The molecule has 1 amide bonds. The number of amides is 1. The summed E-state index contributed by atoms with van der Waals surface area (Å²) in [6.45, 7) is 10.9. The second-order valence-corrected chi connectivity index (χ2v) is 13.4. The molecule has 2 aliphatic rings. The standard InChI is InChI=1S/C32H41ClN2O5S/c1-4-9-30(36)28-15-12-24(28)20-35-17-8-7-10-22-18-26(33)14-11-25(22)21-40-31-16-13-23(19-29(31)35)32(37)34-41(38,39)27(5-2)6-3/h4-5,11,13-14,16,18-19,24,27-28,30,36H,1-2,6-10,12,15,17,20-21H2,3H3,(H,34,37)/t24-,27+,28+,30-/m0/s1. The molecule has 0 saturated heterocycles. The first-order valence-electron chi connectivity index (χ1n) is 14.4. The summed E-state index contributed by atoms with van der Waals surface area (Å²) in [5.74, 6) is 0.399. The number of aliphatic hydroxyl groups excluding tert-OH is 1. The lowest BCUT2D eigenvalue weighted by Crippen LogP contribution is -2.43. The number of anilines is 1. The third-order valence-electron chi connectivity index (χ3n) is 8.37. The first-order chi connectivity index (χ1) is 19.7. The van der Waals surface area contributed by atoms with Crippen LogP contribution in [0.5, 0.6) is 5.75 Å². The maximum atomic E-state index is 13.2. The van der Waals surface area contributed by atoms with E-state index >= 15 is 0 Å². The van der Waals surface area contributed by atoms with Crippen LogP contribution in [0.3, 0.4) is 0 Å². The molecule has 0 aromatic heterocycles. The Balaban J connectivity index is 1.67. The van der Waals surface area contributed by atoms with Gasteiger partial charge in [0.2, 0.25) is 10.0 Å². The van der Waals surface area contributed by atoms with Crippen LogP contribution in [0.15, 0.2) is 61.7 Å². The van der Waals surface area contributed by atoms with Gasteiger partial charge in [-0.2, -0.15) is 0 Å². The van der Waals surface area contributed by atoms with Gasteiger partial charge in [-0.1, -0.05) is 36.7 Å². The largest absolute Gasteiger partial charge is 0.487 e. The van der Waals surface area contributed by atoms with Crippen molar-refractivity contribution in [1.82, 2.24) is 4.72 Å². The van der Waals surface area contributed by atoms with Crippen molar-refractivity contribution in [3.8, 4) is 5.75 Å². The molecule has 4 atom stereocenters. The lowest BCUT2D eigenvalue weighted by Gasteiger charge is -2.43. The van der Waals surface area contributed by atoms with Crippen molar-refractivity contribution in [1.29, 1.82) is 0 Å². The van der Waals surface area contributed by atoms with E-state index in [9.17, 15) is 18.3 Å². The molecule has 0 unspecified atom stereocenters. The highest BCUT2D eigenvalue weighted by Crippen LogP contribution is 2.41. The number of halogens is 1. The Labute approximate surface area is 249 Å². The summed E-state index contributed by atoms with van der Waals surface area (Å²) in [7, 11) is -3.92. The molecule has 2 aromatic rings. The predicted octanol–water partition coefficient (Wildman–Crippen LogP) is 6.05. The fourth-order valence-corrected chi connectivity index (χ4v) is 7.23. The predicted molar refractivity (Wildman–Crippen MR) is 165 cm³/mol. The molecule has 1 aliphatic heterocycles. The number of carbonyl (C=O) groups excluding carboxylic acids is 1. The van der Waals surface area contributed by atoms with E-state index in [0.717, 1.165) is 55.5 Å². The van der Waals surface area contributed by atoms with Crippen LogP contribution in [0.1, 0.15) is 66.9 Å². The van der Waals surface area contributed by atoms with Gasteiger partial charge < -0.3 is 14.7 Å². The number of sulfonamides is 1. The van der Waals surface area contributed by atoms with Gasteiger partial charge in [-0.15, -0.1) is 13.2 Å². The third-order valence-corrected chi connectivity index (χ3v) is 10.4. The molecule has 0 bridgehead atoms. The van der Waals surface area contributed by atoms with Crippen LogP contribution in [0.25, 0.3) is 0 Å². The first kappa shape index (κ1) is 31.1. The second-order valence-electron chi connectivity index (χ2n) is 11.0. The van der Waals surface area contributed by atoms with Gasteiger partial charge in [0.25, 0.3) is 5.91 Å². The van der Waals surface area contributed by atoms with Gasteiger partial charge >= 0.3 is 0 Å². The summed E-state index contributed by atoms with van der Waals surface area (Å²) >= 11 is 6.29. The quantitative estimate of drug-likeness (QED) is 0.322. The molecule has 1 saturated carbocycles. The molecular formula is C32H41ClN2O5S. The summed E-state index contributed by atoms with van der Waals surface area (Å²) < 4.78 is 34.1. The summed E-state index contributed by atoms with van der Waals surface area (Å²) in [4.78, 5) is 15.4. The van der Waals surface area contributed by atoms with Gasteiger partial charge in [0.05, 0.1) is 17.0 Å². The molecule has 1 fully saturated rings. The minimum Gasteiger partial charge on any atom is -0.487 e. The van der Waals surface area contributed by atoms with Crippen molar-refractivity contribution < 1.29 is 23.1 Å². The van der Waals surface area contributed by atoms with Crippen LogP contribution < -0.4 is 14.4 Å². The number of nitrogens with one attached hydrogen (secondary N) is 1. The molecule has 0 radical (unpaired) electrons. The highest BCUT2D eigenvalue weighted by atomic mass is 35.5. The number of ether oxygens (including phenoxy) is 1. The number of hydrogen-bond acceptors (Lipinski definition) is 6. The van der Waals surface area contributed by atoms with Crippen molar-refractivity contribution in [2.45, 2.75) is 69.8 Å². The zero-order valence-corrected chi connectivity index (χ0v) is 25.3. The van der Waals surface area contributed by atoms with Gasteiger partial charge in [-0.25, -0.2) is 13.1 Å². The molecule has 2 N–H and O–H groups in total. The molecule has 1 heterocycles. The van der Waals surface area contributed by atoms with E-state index in [1.54, 1.807) is 31.2 Å². The number of aliphatic hydroxyl groups is 1. The number of benzene rings is 2. The van der Waals surface area contributed by atoms with E-state index in [1.807, 2.05) is 18.2 Å². The van der Waals surface area contributed by atoms with Crippen LogP contribution in [0.4, 0.5) is 5.69 Å². The van der Waals surface area contributed by atoms with E-state index in [0.29, 0.717) is 36.8 Å². The Bertz CT molecular complexity index is 1360. The van der Waals surface area contributed by atoms with Crippen molar-refractivity contribution in [3.63, 3.8) is 0 Å². The molecule has 41 heavy (non-hydrogen) atoms. The number of aryl methyl sites for hydroxylation is 1. The average Bonchev–Trinajstić information content (AvgIpc) is 2.94. The average molecular weight is 601 g/mol. The number of fused-ring (bicyclic) bond motifs is 2. The number of hydrogen-bond donors (Lipinski definition) is 2. The Morgan fingerprint density at radius 1 is 1.20 bits per heavy atom. The highest BCUT2D eigenvalue weighted by molar-refractivity contribution is 7.90. The molecule has 7 nitrogen and oxygen atoms in total. The molecule has 0 spiro atoms. The highest BCUT2D eigenvalue weighted by Gasteiger charge is 2.37. The van der Waals surface area contributed by atoms with E-state index in [1.165, 1.54) is 6.08 Å². The fourth-order valence-electron chi connectivity index (χ4n) is 5.81. The normalized spacial score (nSPS) is 20.6. The van der Waals surface area contributed by atoms with E-state index < -0.39 is 27.3 Å². The smallest absolute Gasteiger partial charge is 0.264 e. The number of rotatable bonds is 10. The Morgan fingerprint density at radius 3 is 2.68 bits per heavy atom. The van der Waals surface area contributed by atoms with Crippen LogP contribution in [0.2, 0.25) is 5.02 Å². The van der Waals surface area contributed by atoms with E-state index in [2.05, 4.69) is 22.8 Å². The third kappa shape index (κ3) is 7.53. The molecule has 2 aromatic carbocycles. The van der Waals surface area contributed by atoms with Gasteiger partial charge in [0.15, 0.2) is 0 Å². The SMILES string of the molecule is C=CC[C@H](O)[C@@H]1CC[C@H]1CN1CCCCc2cc(Cl)ccc2COc2ccc(C(=O)NS(=O)(=O)[C@H](C=C)CC)cc21. The van der Waals surface area contributed by atoms with Gasteiger partial charge in [0.1, 0.15) is 12.4 Å². The molecule has 1 aliphatic carbocycles. The fraction of sp³-hybridized carbons (Fsp3) is 0.469. The Hall–Kier alpha value is -2.81. The zero-order chi connectivity index (χ0) is 29.6. The summed E-state index contributed by atoms with van der Waals surface area (Å²) in [5, 5.41) is 10.5. The van der Waals surface area contributed by atoms with Crippen molar-refractivity contribution >= 4 is 33.2 Å². The monoisotopic (exact) mass is 600 g/mol. The van der Waals surface area contributed by atoms with E-state index in [4.69, 9.17) is 16.3 Å². The van der Waals surface area contributed by atoms with Crippen molar-refractivity contribution in [2.75, 3.05) is 18.0 Å². The molecule has 222 valence electrons. The maximum Gasteiger partial charge on any atom is 0.264 e. The molecule has 9 heteroatoms. The first-order valence-corrected chi connectivity index (χ1v) is 16.4. The van der Waals surface area contributed by atoms with Gasteiger partial charge in [-0.3, -0.25) is 4.79 Å². The maximum absolute atomic E-state index is 13.2. The lowest BCUT2D eigenvalue weighted by atomic mass is 9.69. The molecule has 4 rings (SSSR count). The number of nitrogens with zero attached hydrogens (tertiary/aromatic N) is 1. The second kappa shape index (κ2) is 13.9. The Kier molecular flexibility index (Phi) is 10.6. The summed E-state index contributed by atoms with van der Waals surface area (Å²) in [5.41, 5.74) is 3.20. The summed E-state index contributed by atoms with van der Waals surface area (Å²) in [6, 6.07) is 10.9. The number of carbonyl (C=O) groups is 1. The molecular weight excluding hydrogens is 560 g/mol. The van der Waals surface area contributed by atoms with Crippen LogP contribution >= 0.6 is 11.6 Å². The lowest BCUT2D eigenvalue weighted by molar-refractivity contribution is 0.0181. The van der Waals surface area contributed by atoms with Gasteiger partial charge in [0, 0.05) is 23.7 Å².